The van der Waals surface area contributed by atoms with E-state index in [1.807, 2.05) is 30.3 Å². The standard InChI is InChI=1S/C12H15N3O/c1-2-9(8-13)12-14-11(15-16-12)10-6-4-3-5-7-10/h3-7,9H,2,8,13H2,1H3. The molecule has 0 aliphatic carbocycles. The lowest BCUT2D eigenvalue weighted by Crippen LogP contribution is -2.11. The van der Waals surface area contributed by atoms with Gasteiger partial charge in [0, 0.05) is 12.1 Å². The summed E-state index contributed by atoms with van der Waals surface area (Å²) in [7, 11) is 0. The van der Waals surface area contributed by atoms with Gasteiger partial charge < -0.3 is 10.3 Å². The summed E-state index contributed by atoms with van der Waals surface area (Å²) in [5.41, 5.74) is 6.60. The van der Waals surface area contributed by atoms with Gasteiger partial charge in [0.05, 0.1) is 5.92 Å². The lowest BCUT2D eigenvalue weighted by molar-refractivity contribution is 0.351. The van der Waals surface area contributed by atoms with Crippen LogP contribution in [0.2, 0.25) is 0 Å². The molecule has 2 rings (SSSR count). The summed E-state index contributed by atoms with van der Waals surface area (Å²) in [4.78, 5) is 4.36. The first-order valence-electron chi connectivity index (χ1n) is 5.44. The highest BCUT2D eigenvalue weighted by Crippen LogP contribution is 2.20. The summed E-state index contributed by atoms with van der Waals surface area (Å²) in [6.07, 6.45) is 0.910. The first-order valence-corrected chi connectivity index (χ1v) is 5.44. The third-order valence-corrected chi connectivity index (χ3v) is 2.60. The second-order valence-electron chi connectivity index (χ2n) is 3.66. The average molecular weight is 217 g/mol. The molecular weight excluding hydrogens is 202 g/mol. The van der Waals surface area contributed by atoms with Crippen LogP contribution in [0.3, 0.4) is 0 Å². The van der Waals surface area contributed by atoms with Crippen molar-refractivity contribution in [1.82, 2.24) is 10.1 Å². The summed E-state index contributed by atoms with van der Waals surface area (Å²) in [5, 5.41) is 3.96. The Hall–Kier alpha value is -1.68. The Morgan fingerprint density at radius 1 is 1.31 bits per heavy atom. The third-order valence-electron chi connectivity index (χ3n) is 2.60. The molecule has 0 aliphatic rings. The van der Waals surface area contributed by atoms with Crippen LogP contribution < -0.4 is 5.73 Å². The van der Waals surface area contributed by atoms with Crippen molar-refractivity contribution < 1.29 is 4.52 Å². The van der Waals surface area contributed by atoms with E-state index in [2.05, 4.69) is 17.1 Å². The molecule has 2 N–H and O–H groups in total. The molecule has 1 aromatic carbocycles. The molecule has 0 spiro atoms. The Balaban J connectivity index is 2.26. The van der Waals surface area contributed by atoms with Crippen molar-refractivity contribution in [3.8, 4) is 11.4 Å². The number of hydrogen-bond acceptors (Lipinski definition) is 4. The summed E-state index contributed by atoms with van der Waals surface area (Å²) in [6, 6.07) is 9.77. The van der Waals surface area contributed by atoms with Crippen LogP contribution in [0.15, 0.2) is 34.9 Å². The van der Waals surface area contributed by atoms with Gasteiger partial charge in [-0.3, -0.25) is 0 Å². The minimum Gasteiger partial charge on any atom is -0.339 e. The largest absolute Gasteiger partial charge is 0.339 e. The van der Waals surface area contributed by atoms with Gasteiger partial charge in [-0.1, -0.05) is 42.4 Å². The molecule has 0 aliphatic heterocycles. The molecule has 84 valence electrons. The molecule has 4 nitrogen and oxygen atoms in total. The van der Waals surface area contributed by atoms with Gasteiger partial charge >= 0.3 is 0 Å². The number of hydrogen-bond donors (Lipinski definition) is 1. The van der Waals surface area contributed by atoms with Crippen LogP contribution in [0.1, 0.15) is 25.2 Å². The van der Waals surface area contributed by atoms with Crippen LogP contribution in [0.25, 0.3) is 11.4 Å². The fraction of sp³-hybridized carbons (Fsp3) is 0.333. The van der Waals surface area contributed by atoms with Gasteiger partial charge in [-0.15, -0.1) is 0 Å². The highest BCUT2D eigenvalue weighted by molar-refractivity contribution is 5.53. The van der Waals surface area contributed by atoms with Gasteiger partial charge in [0.25, 0.3) is 0 Å². The summed E-state index contributed by atoms with van der Waals surface area (Å²) in [5.74, 6) is 1.41. The Bertz CT molecular complexity index is 435. The second kappa shape index (κ2) is 4.90. The lowest BCUT2D eigenvalue weighted by Gasteiger charge is -2.04. The molecule has 16 heavy (non-hydrogen) atoms. The van der Waals surface area contributed by atoms with Crippen molar-refractivity contribution in [2.45, 2.75) is 19.3 Å². The molecule has 0 saturated heterocycles. The first-order chi connectivity index (χ1) is 7.85. The van der Waals surface area contributed by atoms with Crippen LogP contribution in [-0.2, 0) is 0 Å². The molecule has 1 atom stereocenters. The topological polar surface area (TPSA) is 64.9 Å². The molecule has 0 amide bonds. The third kappa shape index (κ3) is 2.12. The van der Waals surface area contributed by atoms with Crippen molar-refractivity contribution in [3.05, 3.63) is 36.2 Å². The van der Waals surface area contributed by atoms with Gasteiger partial charge in [-0.25, -0.2) is 0 Å². The molecule has 0 radical (unpaired) electrons. The average Bonchev–Trinajstić information content (AvgIpc) is 2.81. The summed E-state index contributed by atoms with van der Waals surface area (Å²) in [6.45, 7) is 2.59. The molecule has 1 heterocycles. The van der Waals surface area contributed by atoms with Crippen molar-refractivity contribution in [1.29, 1.82) is 0 Å². The van der Waals surface area contributed by atoms with Crippen LogP contribution in [0.4, 0.5) is 0 Å². The number of rotatable bonds is 4. The van der Waals surface area contributed by atoms with E-state index >= 15 is 0 Å². The quantitative estimate of drug-likeness (QED) is 0.852. The van der Waals surface area contributed by atoms with E-state index in [9.17, 15) is 0 Å². The van der Waals surface area contributed by atoms with Crippen LogP contribution >= 0.6 is 0 Å². The molecule has 0 fully saturated rings. The smallest absolute Gasteiger partial charge is 0.231 e. The fourth-order valence-corrected chi connectivity index (χ4v) is 1.55. The maximum absolute atomic E-state index is 5.64. The Kier molecular flexibility index (Phi) is 3.31. The number of nitrogens with zero attached hydrogens (tertiary/aromatic N) is 2. The number of benzene rings is 1. The van der Waals surface area contributed by atoms with E-state index in [0.717, 1.165) is 12.0 Å². The van der Waals surface area contributed by atoms with Gasteiger partial charge in [-0.05, 0) is 6.42 Å². The highest BCUT2D eigenvalue weighted by Gasteiger charge is 2.16. The van der Waals surface area contributed by atoms with Crippen molar-refractivity contribution in [2.75, 3.05) is 6.54 Å². The lowest BCUT2D eigenvalue weighted by atomic mass is 10.1. The summed E-state index contributed by atoms with van der Waals surface area (Å²) >= 11 is 0. The van der Waals surface area contributed by atoms with Crippen molar-refractivity contribution in [3.63, 3.8) is 0 Å². The maximum Gasteiger partial charge on any atom is 0.231 e. The van der Waals surface area contributed by atoms with Crippen LogP contribution in [0, 0.1) is 0 Å². The van der Waals surface area contributed by atoms with Gasteiger partial charge in [0.15, 0.2) is 0 Å². The normalized spacial score (nSPS) is 12.6. The van der Waals surface area contributed by atoms with Gasteiger partial charge in [0.2, 0.25) is 11.7 Å². The fourth-order valence-electron chi connectivity index (χ4n) is 1.55. The second-order valence-corrected chi connectivity index (χ2v) is 3.66. The maximum atomic E-state index is 5.64. The van der Waals surface area contributed by atoms with Gasteiger partial charge in [-0.2, -0.15) is 4.98 Å². The summed E-state index contributed by atoms with van der Waals surface area (Å²) < 4.78 is 5.22. The predicted octanol–water partition coefficient (Wildman–Crippen LogP) is 2.19. The minimum atomic E-state index is 0.157. The molecule has 1 aromatic heterocycles. The molecule has 4 heteroatoms. The first kappa shape index (κ1) is 10.8. The van der Waals surface area contributed by atoms with Crippen molar-refractivity contribution >= 4 is 0 Å². The van der Waals surface area contributed by atoms with E-state index in [-0.39, 0.29) is 5.92 Å². The molecule has 1 unspecified atom stereocenters. The van der Waals surface area contributed by atoms with E-state index in [0.29, 0.717) is 18.3 Å². The molecule has 2 aromatic rings. The number of nitrogens with two attached hydrogens (primary N) is 1. The molecule has 0 saturated carbocycles. The van der Waals surface area contributed by atoms with Gasteiger partial charge in [0.1, 0.15) is 0 Å². The van der Waals surface area contributed by atoms with E-state index in [4.69, 9.17) is 10.3 Å². The number of aromatic nitrogens is 2. The monoisotopic (exact) mass is 217 g/mol. The van der Waals surface area contributed by atoms with E-state index in [1.165, 1.54) is 0 Å². The molecular formula is C12H15N3O. The van der Waals surface area contributed by atoms with Crippen LogP contribution in [0.5, 0.6) is 0 Å². The van der Waals surface area contributed by atoms with E-state index in [1.54, 1.807) is 0 Å². The predicted molar refractivity (Wildman–Crippen MR) is 61.8 cm³/mol. The Morgan fingerprint density at radius 2 is 2.06 bits per heavy atom. The zero-order chi connectivity index (χ0) is 11.4. The van der Waals surface area contributed by atoms with E-state index < -0.39 is 0 Å². The Labute approximate surface area is 94.5 Å². The molecule has 0 bridgehead atoms. The van der Waals surface area contributed by atoms with Crippen molar-refractivity contribution in [2.24, 2.45) is 5.73 Å². The van der Waals surface area contributed by atoms with Crippen LogP contribution in [-0.4, -0.2) is 16.7 Å². The Morgan fingerprint density at radius 3 is 2.69 bits per heavy atom. The minimum absolute atomic E-state index is 0.157. The zero-order valence-electron chi connectivity index (χ0n) is 9.26. The zero-order valence-corrected chi connectivity index (χ0v) is 9.26. The SMILES string of the molecule is CCC(CN)c1nc(-c2ccccc2)no1. The highest BCUT2D eigenvalue weighted by atomic mass is 16.5.